The van der Waals surface area contributed by atoms with Crippen molar-refractivity contribution in [1.82, 2.24) is 0 Å². The molecule has 0 unspecified atom stereocenters. The lowest BCUT2D eigenvalue weighted by atomic mass is 9.99. The first-order chi connectivity index (χ1) is 14.4. The summed E-state index contributed by atoms with van der Waals surface area (Å²) in [7, 11) is 1.62. The highest BCUT2D eigenvalue weighted by atomic mass is 16.5. The van der Waals surface area contributed by atoms with Crippen molar-refractivity contribution in [3.05, 3.63) is 59.7 Å². The minimum Gasteiger partial charge on any atom is -0.496 e. The van der Waals surface area contributed by atoms with Gasteiger partial charge in [0.1, 0.15) is 17.2 Å². The number of ether oxygens (including phenoxy) is 3. The zero-order chi connectivity index (χ0) is 21.4. The molecule has 0 bridgehead atoms. The highest BCUT2D eigenvalue weighted by molar-refractivity contribution is 6.16. The number of carbonyl (C=O) groups excluding carboxylic acids is 2. The van der Waals surface area contributed by atoms with Crippen LogP contribution in [0.15, 0.2) is 48.5 Å². The highest BCUT2D eigenvalue weighted by Gasteiger charge is 2.36. The van der Waals surface area contributed by atoms with Crippen molar-refractivity contribution < 1.29 is 23.8 Å². The Labute approximate surface area is 175 Å². The van der Waals surface area contributed by atoms with Gasteiger partial charge in [0, 0.05) is 28.9 Å². The van der Waals surface area contributed by atoms with Crippen LogP contribution in [0.2, 0.25) is 0 Å². The number of hydrogen-bond donors (Lipinski definition) is 0. The van der Waals surface area contributed by atoms with E-state index in [1.54, 1.807) is 36.3 Å². The first-order valence-corrected chi connectivity index (χ1v) is 9.79. The summed E-state index contributed by atoms with van der Waals surface area (Å²) in [5.74, 6) is 1.16. The number of nitrogens with zero attached hydrogens (tertiary/aromatic N) is 1. The van der Waals surface area contributed by atoms with Gasteiger partial charge in [0.05, 0.1) is 25.3 Å². The monoisotopic (exact) mass is 405 g/mol. The van der Waals surface area contributed by atoms with E-state index in [4.69, 9.17) is 14.2 Å². The Bertz CT molecular complexity index is 1130. The Hall–Kier alpha value is -3.54. The van der Waals surface area contributed by atoms with Gasteiger partial charge in [0.2, 0.25) is 0 Å². The summed E-state index contributed by atoms with van der Waals surface area (Å²) in [4.78, 5) is 26.3. The molecule has 0 aromatic heterocycles. The van der Waals surface area contributed by atoms with Crippen molar-refractivity contribution in [2.75, 3.05) is 12.0 Å². The minimum atomic E-state index is -0.390. The summed E-state index contributed by atoms with van der Waals surface area (Å²) in [6.07, 6.45) is -0.0873. The molecule has 0 atom stereocenters. The molecule has 3 aromatic carbocycles. The average Bonchev–Trinajstić information content (AvgIpc) is 3.05. The summed E-state index contributed by atoms with van der Waals surface area (Å²) in [5, 5.41) is 1.76. The van der Waals surface area contributed by atoms with Gasteiger partial charge >= 0.3 is 5.97 Å². The second kappa shape index (κ2) is 7.71. The lowest BCUT2D eigenvalue weighted by Crippen LogP contribution is -2.23. The topological polar surface area (TPSA) is 65.1 Å². The third kappa shape index (κ3) is 3.34. The molecule has 0 N–H and O–H groups in total. The van der Waals surface area contributed by atoms with Crippen LogP contribution in [0.4, 0.5) is 5.69 Å². The van der Waals surface area contributed by atoms with Crippen LogP contribution in [0.25, 0.3) is 10.8 Å². The predicted molar refractivity (Wildman–Crippen MR) is 115 cm³/mol. The van der Waals surface area contributed by atoms with Crippen LogP contribution >= 0.6 is 0 Å². The van der Waals surface area contributed by atoms with Gasteiger partial charge in [-0.25, -0.2) is 0 Å². The van der Waals surface area contributed by atoms with E-state index in [1.807, 2.05) is 38.1 Å². The van der Waals surface area contributed by atoms with Gasteiger partial charge in [-0.05, 0) is 38.1 Å². The molecule has 1 aliphatic rings. The number of hydrogen-bond acceptors (Lipinski definition) is 5. The molecule has 1 aliphatic heterocycles. The smallest absolute Gasteiger partial charge is 0.308 e. The summed E-state index contributed by atoms with van der Waals surface area (Å²) in [5.41, 5.74) is 2.04. The Morgan fingerprint density at radius 2 is 1.63 bits per heavy atom. The van der Waals surface area contributed by atoms with Crippen LogP contribution < -0.4 is 19.1 Å². The quantitative estimate of drug-likeness (QED) is 0.454. The fraction of sp³-hybridized carbons (Fsp3) is 0.250. The molecule has 0 radical (unpaired) electrons. The number of benzene rings is 3. The van der Waals surface area contributed by atoms with E-state index >= 15 is 0 Å². The summed E-state index contributed by atoms with van der Waals surface area (Å²) >= 11 is 0. The van der Waals surface area contributed by atoms with Gasteiger partial charge in [-0.3, -0.25) is 9.59 Å². The molecular weight excluding hydrogens is 382 g/mol. The van der Waals surface area contributed by atoms with Gasteiger partial charge in [-0.1, -0.05) is 24.3 Å². The molecule has 0 saturated carbocycles. The van der Waals surface area contributed by atoms with Crippen molar-refractivity contribution in [3.63, 3.8) is 0 Å². The molecule has 1 amide bonds. The SMILES string of the molecule is COc1c2c(c(OC(C)C)c3ccccc13)C(=O)N(c1ccc(OC(C)=O)cc1)C2. The highest BCUT2D eigenvalue weighted by Crippen LogP contribution is 2.46. The second-order valence-corrected chi connectivity index (χ2v) is 7.41. The molecule has 3 aromatic rings. The zero-order valence-electron chi connectivity index (χ0n) is 17.4. The molecule has 30 heavy (non-hydrogen) atoms. The fourth-order valence-electron chi connectivity index (χ4n) is 3.83. The van der Waals surface area contributed by atoms with Crippen LogP contribution in [0.5, 0.6) is 17.2 Å². The van der Waals surface area contributed by atoms with Crippen LogP contribution in [-0.4, -0.2) is 25.1 Å². The first-order valence-electron chi connectivity index (χ1n) is 9.79. The molecule has 0 saturated heterocycles. The number of anilines is 1. The van der Waals surface area contributed by atoms with Crippen LogP contribution in [-0.2, 0) is 11.3 Å². The Morgan fingerprint density at radius 1 is 1.00 bits per heavy atom. The predicted octanol–water partition coefficient (Wildman–Crippen LogP) is 4.72. The molecular formula is C24H23NO5. The standard InChI is InChI=1S/C24H23NO5/c1-14(2)29-23-19-8-6-5-7-18(19)22(28-4)20-13-25(24(27)21(20)23)16-9-11-17(12-10-16)30-15(3)26/h5-12,14H,13H2,1-4H3. The third-order valence-corrected chi connectivity index (χ3v) is 4.96. The molecule has 4 rings (SSSR count). The number of fused-ring (bicyclic) bond motifs is 2. The Balaban J connectivity index is 1.83. The van der Waals surface area contributed by atoms with E-state index in [0.29, 0.717) is 35.0 Å². The molecule has 0 fully saturated rings. The van der Waals surface area contributed by atoms with Crippen LogP contribution in [0, 0.1) is 0 Å². The van der Waals surface area contributed by atoms with Gasteiger partial charge < -0.3 is 19.1 Å². The third-order valence-electron chi connectivity index (χ3n) is 4.96. The number of methoxy groups -OCH3 is 1. The van der Waals surface area contributed by atoms with Crippen LogP contribution in [0.3, 0.4) is 0 Å². The molecule has 0 spiro atoms. The molecule has 0 aliphatic carbocycles. The maximum Gasteiger partial charge on any atom is 0.308 e. The maximum absolute atomic E-state index is 13.5. The minimum absolute atomic E-state index is 0.0873. The van der Waals surface area contributed by atoms with Crippen molar-refractivity contribution in [1.29, 1.82) is 0 Å². The lowest BCUT2D eigenvalue weighted by Gasteiger charge is -2.18. The van der Waals surface area contributed by atoms with Gasteiger partial charge in [-0.15, -0.1) is 0 Å². The number of esters is 1. The summed E-state index contributed by atoms with van der Waals surface area (Å²) in [6.45, 7) is 5.60. The summed E-state index contributed by atoms with van der Waals surface area (Å²) < 4.78 is 17.0. The number of rotatable bonds is 5. The van der Waals surface area contributed by atoms with E-state index in [9.17, 15) is 9.59 Å². The van der Waals surface area contributed by atoms with Crippen molar-refractivity contribution in [2.24, 2.45) is 0 Å². The Kier molecular flexibility index (Phi) is 5.08. The molecule has 6 heteroatoms. The van der Waals surface area contributed by atoms with E-state index in [2.05, 4.69) is 0 Å². The molecule has 1 heterocycles. The van der Waals surface area contributed by atoms with Crippen LogP contribution in [0.1, 0.15) is 36.7 Å². The fourth-order valence-corrected chi connectivity index (χ4v) is 3.83. The van der Waals surface area contributed by atoms with Crippen molar-refractivity contribution in [3.8, 4) is 17.2 Å². The average molecular weight is 405 g/mol. The number of amides is 1. The summed E-state index contributed by atoms with van der Waals surface area (Å²) in [6, 6.07) is 14.7. The van der Waals surface area contributed by atoms with E-state index in [-0.39, 0.29) is 18.0 Å². The molecule has 6 nitrogen and oxygen atoms in total. The van der Waals surface area contributed by atoms with E-state index in [0.717, 1.165) is 16.3 Å². The van der Waals surface area contributed by atoms with Gasteiger partial charge in [-0.2, -0.15) is 0 Å². The lowest BCUT2D eigenvalue weighted by molar-refractivity contribution is -0.131. The second-order valence-electron chi connectivity index (χ2n) is 7.41. The van der Waals surface area contributed by atoms with Crippen molar-refractivity contribution in [2.45, 2.75) is 33.4 Å². The van der Waals surface area contributed by atoms with E-state index in [1.165, 1.54) is 6.92 Å². The first kappa shape index (κ1) is 19.8. The largest absolute Gasteiger partial charge is 0.496 e. The zero-order valence-corrected chi connectivity index (χ0v) is 17.4. The van der Waals surface area contributed by atoms with E-state index < -0.39 is 0 Å². The normalized spacial score (nSPS) is 13.0. The molecule has 154 valence electrons. The Morgan fingerprint density at radius 3 is 2.20 bits per heavy atom. The van der Waals surface area contributed by atoms with Gasteiger partial charge in [0.15, 0.2) is 0 Å². The number of carbonyl (C=O) groups is 2. The van der Waals surface area contributed by atoms with Crippen molar-refractivity contribution >= 4 is 28.3 Å². The van der Waals surface area contributed by atoms with Gasteiger partial charge in [0.25, 0.3) is 5.91 Å². The maximum atomic E-state index is 13.5.